The Labute approximate surface area is 123 Å². The number of anilines is 1. The van der Waals surface area contributed by atoms with Gasteiger partial charge in [0.2, 0.25) is 5.88 Å². The zero-order valence-electron chi connectivity index (χ0n) is 11.9. The van der Waals surface area contributed by atoms with Crippen LogP contribution in [-0.4, -0.2) is 16.6 Å². The maximum absolute atomic E-state index is 5.50. The second-order valence-corrected chi connectivity index (χ2v) is 4.64. The standard InChI is InChI=1S/C17H17N3O/c1-2-21-17-16(8-5-11-18-17)19-12-14-10-9-13-6-3-4-7-15(13)20-14/h3-11,19H,2,12H2,1H3. The van der Waals surface area contributed by atoms with E-state index in [0.29, 0.717) is 19.0 Å². The number of hydrogen-bond donors (Lipinski definition) is 1. The number of benzene rings is 1. The van der Waals surface area contributed by atoms with Crippen molar-refractivity contribution in [3.05, 3.63) is 60.4 Å². The monoisotopic (exact) mass is 279 g/mol. The van der Waals surface area contributed by atoms with Gasteiger partial charge < -0.3 is 10.1 Å². The summed E-state index contributed by atoms with van der Waals surface area (Å²) >= 11 is 0. The minimum atomic E-state index is 0.597. The van der Waals surface area contributed by atoms with Crippen LogP contribution in [0.4, 0.5) is 5.69 Å². The van der Waals surface area contributed by atoms with E-state index in [9.17, 15) is 0 Å². The van der Waals surface area contributed by atoms with E-state index in [-0.39, 0.29) is 0 Å². The van der Waals surface area contributed by atoms with E-state index in [4.69, 9.17) is 4.74 Å². The van der Waals surface area contributed by atoms with E-state index in [1.54, 1.807) is 6.20 Å². The average Bonchev–Trinajstić information content (AvgIpc) is 2.54. The van der Waals surface area contributed by atoms with E-state index >= 15 is 0 Å². The van der Waals surface area contributed by atoms with Gasteiger partial charge in [0.1, 0.15) is 0 Å². The highest BCUT2D eigenvalue weighted by Crippen LogP contribution is 2.21. The normalized spacial score (nSPS) is 10.5. The Hall–Kier alpha value is -2.62. The molecule has 0 aliphatic rings. The van der Waals surface area contributed by atoms with Crippen LogP contribution in [0.1, 0.15) is 12.6 Å². The Morgan fingerprint density at radius 1 is 1.05 bits per heavy atom. The molecule has 4 heteroatoms. The first-order valence-electron chi connectivity index (χ1n) is 7.03. The molecule has 106 valence electrons. The summed E-state index contributed by atoms with van der Waals surface area (Å²) in [5.41, 5.74) is 2.88. The number of nitrogens with one attached hydrogen (secondary N) is 1. The molecular weight excluding hydrogens is 262 g/mol. The number of fused-ring (bicyclic) bond motifs is 1. The topological polar surface area (TPSA) is 47.0 Å². The third kappa shape index (κ3) is 3.11. The van der Waals surface area contributed by atoms with Gasteiger partial charge in [0, 0.05) is 11.6 Å². The molecule has 0 spiro atoms. The highest BCUT2D eigenvalue weighted by atomic mass is 16.5. The van der Waals surface area contributed by atoms with Crippen molar-refractivity contribution < 1.29 is 4.74 Å². The molecule has 0 saturated heterocycles. The number of pyridine rings is 2. The lowest BCUT2D eigenvalue weighted by atomic mass is 10.2. The zero-order valence-corrected chi connectivity index (χ0v) is 11.9. The number of nitrogens with zero attached hydrogens (tertiary/aromatic N) is 2. The molecule has 1 N–H and O–H groups in total. The average molecular weight is 279 g/mol. The number of para-hydroxylation sites is 1. The fourth-order valence-corrected chi connectivity index (χ4v) is 2.17. The van der Waals surface area contributed by atoms with Crippen LogP contribution in [0.2, 0.25) is 0 Å². The van der Waals surface area contributed by atoms with Crippen molar-refractivity contribution in [1.29, 1.82) is 0 Å². The molecule has 0 radical (unpaired) electrons. The Morgan fingerprint density at radius 2 is 1.95 bits per heavy atom. The van der Waals surface area contributed by atoms with Gasteiger partial charge in [0.15, 0.2) is 0 Å². The smallest absolute Gasteiger partial charge is 0.237 e. The van der Waals surface area contributed by atoms with Crippen LogP contribution >= 0.6 is 0 Å². The van der Waals surface area contributed by atoms with Crippen molar-refractivity contribution in [2.75, 3.05) is 11.9 Å². The van der Waals surface area contributed by atoms with Gasteiger partial charge in [0.25, 0.3) is 0 Å². The number of aromatic nitrogens is 2. The summed E-state index contributed by atoms with van der Waals surface area (Å²) in [6, 6.07) is 16.1. The maximum Gasteiger partial charge on any atom is 0.237 e. The van der Waals surface area contributed by atoms with Crippen molar-refractivity contribution >= 4 is 16.6 Å². The minimum Gasteiger partial charge on any atom is -0.476 e. The quantitative estimate of drug-likeness (QED) is 0.774. The van der Waals surface area contributed by atoms with Crippen molar-refractivity contribution in [3.8, 4) is 5.88 Å². The summed E-state index contributed by atoms with van der Waals surface area (Å²) in [6.45, 7) is 3.18. The molecule has 0 atom stereocenters. The van der Waals surface area contributed by atoms with Crippen molar-refractivity contribution in [1.82, 2.24) is 9.97 Å². The molecule has 0 amide bonds. The highest BCUT2D eigenvalue weighted by Gasteiger charge is 2.04. The zero-order chi connectivity index (χ0) is 14.5. The van der Waals surface area contributed by atoms with Gasteiger partial charge in [0.05, 0.1) is 30.0 Å². The van der Waals surface area contributed by atoms with Gasteiger partial charge in [-0.15, -0.1) is 0 Å². The molecule has 2 aromatic heterocycles. The Bertz CT molecular complexity index is 743. The fourth-order valence-electron chi connectivity index (χ4n) is 2.17. The predicted octanol–water partition coefficient (Wildman–Crippen LogP) is 3.64. The molecular formula is C17H17N3O. The molecule has 1 aromatic carbocycles. The summed E-state index contributed by atoms with van der Waals surface area (Å²) in [5.74, 6) is 0.626. The molecule has 2 heterocycles. The second-order valence-electron chi connectivity index (χ2n) is 4.64. The molecule has 0 fully saturated rings. The lowest BCUT2D eigenvalue weighted by Crippen LogP contribution is -2.05. The van der Waals surface area contributed by atoms with E-state index in [1.807, 2.05) is 43.3 Å². The van der Waals surface area contributed by atoms with Crippen molar-refractivity contribution in [2.24, 2.45) is 0 Å². The van der Waals surface area contributed by atoms with Crippen LogP contribution in [0, 0.1) is 0 Å². The first-order chi connectivity index (χ1) is 10.4. The number of rotatable bonds is 5. The first kappa shape index (κ1) is 13.4. The second kappa shape index (κ2) is 6.22. The maximum atomic E-state index is 5.50. The Balaban J connectivity index is 1.77. The van der Waals surface area contributed by atoms with E-state index in [1.165, 1.54) is 0 Å². The molecule has 3 aromatic rings. The summed E-state index contributed by atoms with van der Waals surface area (Å²) in [7, 11) is 0. The molecule has 0 aliphatic heterocycles. The third-order valence-corrected chi connectivity index (χ3v) is 3.17. The molecule has 0 bridgehead atoms. The van der Waals surface area contributed by atoms with Gasteiger partial charge in [-0.25, -0.2) is 4.98 Å². The summed E-state index contributed by atoms with van der Waals surface area (Å²) in [5, 5.41) is 4.48. The lowest BCUT2D eigenvalue weighted by Gasteiger charge is -2.11. The number of hydrogen-bond acceptors (Lipinski definition) is 4. The van der Waals surface area contributed by atoms with Crippen LogP contribution < -0.4 is 10.1 Å². The van der Waals surface area contributed by atoms with Gasteiger partial charge >= 0.3 is 0 Å². The van der Waals surface area contributed by atoms with Crippen LogP contribution in [-0.2, 0) is 6.54 Å². The summed E-state index contributed by atoms with van der Waals surface area (Å²) in [6.07, 6.45) is 1.73. The minimum absolute atomic E-state index is 0.597. The predicted molar refractivity (Wildman–Crippen MR) is 84.5 cm³/mol. The van der Waals surface area contributed by atoms with Crippen LogP contribution in [0.5, 0.6) is 5.88 Å². The molecule has 0 saturated carbocycles. The van der Waals surface area contributed by atoms with E-state index in [2.05, 4.69) is 27.4 Å². The molecule has 0 aliphatic carbocycles. The Morgan fingerprint density at radius 3 is 2.86 bits per heavy atom. The fraction of sp³-hybridized carbons (Fsp3) is 0.176. The van der Waals surface area contributed by atoms with Gasteiger partial charge in [-0.2, -0.15) is 0 Å². The van der Waals surface area contributed by atoms with Gasteiger partial charge in [-0.1, -0.05) is 24.3 Å². The number of ether oxygens (including phenoxy) is 1. The van der Waals surface area contributed by atoms with Crippen LogP contribution in [0.15, 0.2) is 54.7 Å². The van der Waals surface area contributed by atoms with Gasteiger partial charge in [-0.3, -0.25) is 4.98 Å². The lowest BCUT2D eigenvalue weighted by molar-refractivity contribution is 0.328. The highest BCUT2D eigenvalue weighted by molar-refractivity contribution is 5.78. The molecule has 3 rings (SSSR count). The van der Waals surface area contributed by atoms with Crippen LogP contribution in [0.25, 0.3) is 10.9 Å². The van der Waals surface area contributed by atoms with E-state index in [0.717, 1.165) is 22.3 Å². The summed E-state index contributed by atoms with van der Waals surface area (Å²) in [4.78, 5) is 8.87. The van der Waals surface area contributed by atoms with Crippen LogP contribution in [0.3, 0.4) is 0 Å². The molecule has 21 heavy (non-hydrogen) atoms. The molecule has 4 nitrogen and oxygen atoms in total. The summed E-state index contributed by atoms with van der Waals surface area (Å²) < 4.78 is 5.50. The van der Waals surface area contributed by atoms with Crippen molar-refractivity contribution in [3.63, 3.8) is 0 Å². The Kier molecular flexibility index (Phi) is 3.96. The molecule has 0 unspecified atom stereocenters. The third-order valence-electron chi connectivity index (χ3n) is 3.17. The SMILES string of the molecule is CCOc1ncccc1NCc1ccc2ccccc2n1. The first-order valence-corrected chi connectivity index (χ1v) is 7.03. The van der Waals surface area contributed by atoms with Gasteiger partial charge in [-0.05, 0) is 31.2 Å². The largest absolute Gasteiger partial charge is 0.476 e. The van der Waals surface area contributed by atoms with E-state index < -0.39 is 0 Å². The van der Waals surface area contributed by atoms with Crippen molar-refractivity contribution in [2.45, 2.75) is 13.5 Å².